The number of methoxy groups -OCH3 is 1. The molecule has 0 atom stereocenters. The summed E-state index contributed by atoms with van der Waals surface area (Å²) in [5, 5.41) is 0. The second-order valence-electron chi connectivity index (χ2n) is 8.92. The fraction of sp³-hybridized carbons (Fsp3) is 0.267. The van der Waals surface area contributed by atoms with Crippen molar-refractivity contribution in [1.82, 2.24) is 0 Å². The molecule has 0 radical (unpaired) electrons. The van der Waals surface area contributed by atoms with Crippen LogP contribution in [0.2, 0.25) is 0 Å². The van der Waals surface area contributed by atoms with Gasteiger partial charge in [0.15, 0.2) is 0 Å². The van der Waals surface area contributed by atoms with Gasteiger partial charge in [0, 0.05) is 29.9 Å². The van der Waals surface area contributed by atoms with Gasteiger partial charge in [0.25, 0.3) is 0 Å². The maximum Gasteiger partial charge on any atom is 0.130 e. The average molecular weight is 457 g/mol. The molecule has 4 nitrogen and oxygen atoms in total. The largest absolute Gasteiger partial charge is 0.488 e. The second-order valence-corrected chi connectivity index (χ2v) is 8.92. The van der Waals surface area contributed by atoms with E-state index in [4.69, 9.17) is 18.9 Å². The standard InChI is InChI=1S/C30H32O4/c1-5-30(2,3)34-26-13-12-24-18-25(21-33-28(24)19-26)27-14-11-22(15-16-31-4)17-29(27)32-20-23-9-7-6-8-10-23/h5-14,17-19H,1,15-16,20-21H2,2-4H3. The van der Waals surface area contributed by atoms with E-state index >= 15 is 0 Å². The smallest absolute Gasteiger partial charge is 0.130 e. The Bertz CT molecular complexity index is 1160. The summed E-state index contributed by atoms with van der Waals surface area (Å²) in [7, 11) is 1.72. The zero-order chi connectivity index (χ0) is 24.0. The molecule has 1 aliphatic rings. The van der Waals surface area contributed by atoms with Crippen LogP contribution in [0.5, 0.6) is 17.2 Å². The predicted molar refractivity (Wildman–Crippen MR) is 138 cm³/mol. The monoisotopic (exact) mass is 456 g/mol. The van der Waals surface area contributed by atoms with Gasteiger partial charge < -0.3 is 18.9 Å². The molecule has 1 heterocycles. The normalized spacial score (nSPS) is 12.9. The van der Waals surface area contributed by atoms with Gasteiger partial charge in [-0.3, -0.25) is 0 Å². The van der Waals surface area contributed by atoms with Gasteiger partial charge in [0.05, 0.1) is 6.61 Å². The predicted octanol–water partition coefficient (Wildman–Crippen LogP) is 6.73. The van der Waals surface area contributed by atoms with E-state index in [1.165, 1.54) is 5.56 Å². The molecule has 4 rings (SSSR count). The first-order valence-electron chi connectivity index (χ1n) is 11.6. The molecule has 0 saturated carbocycles. The third-order valence-electron chi connectivity index (χ3n) is 5.79. The summed E-state index contributed by atoms with van der Waals surface area (Å²) >= 11 is 0. The first-order valence-corrected chi connectivity index (χ1v) is 11.6. The van der Waals surface area contributed by atoms with E-state index in [2.05, 4.69) is 43.0 Å². The van der Waals surface area contributed by atoms with Crippen LogP contribution in [-0.2, 0) is 17.8 Å². The molecule has 0 N–H and O–H groups in total. The summed E-state index contributed by atoms with van der Waals surface area (Å²) in [6, 6.07) is 22.5. The van der Waals surface area contributed by atoms with Crippen LogP contribution < -0.4 is 14.2 Å². The summed E-state index contributed by atoms with van der Waals surface area (Å²) in [5.41, 5.74) is 5.00. The summed E-state index contributed by atoms with van der Waals surface area (Å²) < 4.78 is 23.7. The van der Waals surface area contributed by atoms with Crippen LogP contribution >= 0.6 is 0 Å². The van der Waals surface area contributed by atoms with Gasteiger partial charge in [0.2, 0.25) is 0 Å². The van der Waals surface area contributed by atoms with Crippen LogP contribution in [0.4, 0.5) is 0 Å². The zero-order valence-corrected chi connectivity index (χ0v) is 20.2. The van der Waals surface area contributed by atoms with E-state index < -0.39 is 5.60 Å². The number of rotatable bonds is 10. The first-order chi connectivity index (χ1) is 16.5. The van der Waals surface area contributed by atoms with Crippen LogP contribution in [0.15, 0.2) is 79.4 Å². The molecule has 0 saturated heterocycles. The molecular formula is C30H32O4. The third-order valence-corrected chi connectivity index (χ3v) is 5.79. The number of fused-ring (bicyclic) bond motifs is 1. The summed E-state index contributed by atoms with van der Waals surface area (Å²) in [5.74, 6) is 2.42. The number of hydrogen-bond acceptors (Lipinski definition) is 4. The summed E-state index contributed by atoms with van der Waals surface area (Å²) in [4.78, 5) is 0. The average Bonchev–Trinajstić information content (AvgIpc) is 2.86. The Kier molecular flexibility index (Phi) is 7.39. The lowest BCUT2D eigenvalue weighted by Crippen LogP contribution is -2.24. The van der Waals surface area contributed by atoms with Crippen LogP contribution in [0, 0.1) is 0 Å². The molecule has 0 bridgehead atoms. The Morgan fingerprint density at radius 2 is 1.82 bits per heavy atom. The van der Waals surface area contributed by atoms with Crippen molar-refractivity contribution in [1.29, 1.82) is 0 Å². The Labute approximate surface area is 202 Å². The molecule has 3 aromatic carbocycles. The Balaban J connectivity index is 1.61. The molecule has 0 spiro atoms. The minimum Gasteiger partial charge on any atom is -0.488 e. The first kappa shape index (κ1) is 23.7. The lowest BCUT2D eigenvalue weighted by molar-refractivity contribution is 0.161. The lowest BCUT2D eigenvalue weighted by atomic mass is 9.98. The fourth-order valence-electron chi connectivity index (χ4n) is 3.77. The van der Waals surface area contributed by atoms with Crippen molar-refractivity contribution in [2.45, 2.75) is 32.5 Å². The second kappa shape index (κ2) is 10.6. The van der Waals surface area contributed by atoms with Gasteiger partial charge in [0.1, 0.15) is 36.1 Å². The van der Waals surface area contributed by atoms with Crippen LogP contribution in [0.3, 0.4) is 0 Å². The highest BCUT2D eigenvalue weighted by molar-refractivity contribution is 5.88. The van der Waals surface area contributed by atoms with Crippen molar-refractivity contribution < 1.29 is 18.9 Å². The van der Waals surface area contributed by atoms with Gasteiger partial charge in [-0.1, -0.05) is 49.0 Å². The minimum absolute atomic E-state index is 0.445. The SMILES string of the molecule is C=CC(C)(C)Oc1ccc2c(c1)OCC(c1ccc(CCOC)cc1OCc1ccccc1)=C2. The van der Waals surface area contributed by atoms with Crippen LogP contribution in [0.25, 0.3) is 11.6 Å². The van der Waals surface area contributed by atoms with E-state index in [1.807, 2.05) is 50.2 Å². The molecule has 4 heteroatoms. The van der Waals surface area contributed by atoms with Gasteiger partial charge in [-0.2, -0.15) is 0 Å². The highest BCUT2D eigenvalue weighted by Crippen LogP contribution is 2.37. The highest BCUT2D eigenvalue weighted by Gasteiger charge is 2.20. The van der Waals surface area contributed by atoms with Crippen molar-refractivity contribution in [3.63, 3.8) is 0 Å². The molecule has 176 valence electrons. The van der Waals surface area contributed by atoms with Crippen LogP contribution in [-0.4, -0.2) is 25.9 Å². The molecule has 0 fully saturated rings. The lowest BCUT2D eigenvalue weighted by Gasteiger charge is -2.25. The van der Waals surface area contributed by atoms with Crippen molar-refractivity contribution in [3.05, 3.63) is 102 Å². The number of ether oxygens (including phenoxy) is 4. The Hall–Kier alpha value is -3.50. The van der Waals surface area contributed by atoms with E-state index in [9.17, 15) is 0 Å². The molecule has 3 aromatic rings. The molecule has 1 aliphatic heterocycles. The molecule has 34 heavy (non-hydrogen) atoms. The number of hydrogen-bond donors (Lipinski definition) is 0. The molecule has 0 amide bonds. The van der Waals surface area contributed by atoms with E-state index in [-0.39, 0.29) is 0 Å². The van der Waals surface area contributed by atoms with E-state index in [1.54, 1.807) is 13.2 Å². The van der Waals surface area contributed by atoms with E-state index in [0.717, 1.165) is 45.9 Å². The Morgan fingerprint density at radius 3 is 2.59 bits per heavy atom. The maximum absolute atomic E-state index is 6.30. The van der Waals surface area contributed by atoms with Crippen LogP contribution in [0.1, 0.15) is 36.1 Å². The van der Waals surface area contributed by atoms with Gasteiger partial charge in [-0.25, -0.2) is 0 Å². The highest BCUT2D eigenvalue weighted by atomic mass is 16.5. The molecular weight excluding hydrogens is 424 g/mol. The van der Waals surface area contributed by atoms with Crippen molar-refractivity contribution >= 4 is 11.6 Å². The Morgan fingerprint density at radius 1 is 1.00 bits per heavy atom. The maximum atomic E-state index is 6.30. The molecule has 0 unspecified atom stereocenters. The number of benzene rings is 3. The van der Waals surface area contributed by atoms with Crippen molar-refractivity contribution in [2.75, 3.05) is 20.3 Å². The summed E-state index contributed by atoms with van der Waals surface area (Å²) in [6.07, 6.45) is 4.79. The fourth-order valence-corrected chi connectivity index (χ4v) is 3.77. The van der Waals surface area contributed by atoms with E-state index in [0.29, 0.717) is 19.8 Å². The molecule has 0 aromatic heterocycles. The molecule has 0 aliphatic carbocycles. The topological polar surface area (TPSA) is 36.9 Å². The van der Waals surface area contributed by atoms with Gasteiger partial charge in [-0.05, 0) is 61.7 Å². The minimum atomic E-state index is -0.445. The third kappa shape index (κ3) is 5.89. The van der Waals surface area contributed by atoms with Gasteiger partial charge >= 0.3 is 0 Å². The van der Waals surface area contributed by atoms with Crippen molar-refractivity contribution in [2.24, 2.45) is 0 Å². The van der Waals surface area contributed by atoms with Crippen molar-refractivity contribution in [3.8, 4) is 17.2 Å². The quantitative estimate of drug-likeness (QED) is 0.317. The van der Waals surface area contributed by atoms with Gasteiger partial charge in [-0.15, -0.1) is 0 Å². The summed E-state index contributed by atoms with van der Waals surface area (Å²) in [6.45, 7) is 9.43. The zero-order valence-electron chi connectivity index (χ0n) is 20.2.